The second-order valence-electron chi connectivity index (χ2n) is 5.83. The lowest BCUT2D eigenvalue weighted by Crippen LogP contribution is -1.91. The summed E-state index contributed by atoms with van der Waals surface area (Å²) in [4.78, 5) is 0. The van der Waals surface area contributed by atoms with E-state index in [0.29, 0.717) is 0 Å². The quantitative estimate of drug-likeness (QED) is 0.658. The molecular weight excluding hydrogens is 275 g/mol. The highest BCUT2D eigenvalue weighted by atomic mass is 31.1. The van der Waals surface area contributed by atoms with E-state index >= 15 is 0 Å². The van der Waals surface area contributed by atoms with Crippen LogP contribution < -0.4 is 5.09 Å². The Kier molecular flexibility index (Phi) is 4.80. The maximum absolute atomic E-state index is 4.71. The van der Waals surface area contributed by atoms with Gasteiger partial charge in [0.15, 0.2) is 0 Å². The first-order valence-electron chi connectivity index (χ1n) is 7.21. The molecule has 0 saturated carbocycles. The van der Waals surface area contributed by atoms with Gasteiger partial charge < -0.3 is 5.09 Å². The van der Waals surface area contributed by atoms with E-state index in [9.17, 15) is 0 Å². The van der Waals surface area contributed by atoms with Crippen LogP contribution in [0.15, 0.2) is 29.0 Å². The minimum Gasteiger partial charge on any atom is -0.322 e. The Labute approximate surface area is 129 Å². The molecule has 0 heterocycles. The van der Waals surface area contributed by atoms with Crippen LogP contribution in [0.5, 0.6) is 0 Å². The van der Waals surface area contributed by atoms with E-state index in [2.05, 4.69) is 70.9 Å². The SMILES string of the molecule is Cc1cc(C)c(N=PNc2c(C)cc(C)cc2C)c(C)c1. The van der Waals surface area contributed by atoms with Gasteiger partial charge >= 0.3 is 0 Å². The number of anilines is 1. The van der Waals surface area contributed by atoms with Crippen LogP contribution >= 0.6 is 8.52 Å². The van der Waals surface area contributed by atoms with Crippen LogP contribution in [-0.4, -0.2) is 0 Å². The number of hydrogen-bond donors (Lipinski definition) is 1. The smallest absolute Gasteiger partial charge is 0.130 e. The van der Waals surface area contributed by atoms with Crippen LogP contribution in [0.25, 0.3) is 0 Å². The molecule has 0 aliphatic heterocycles. The first kappa shape index (κ1) is 15.7. The molecule has 0 unspecified atom stereocenters. The Balaban J connectivity index is 2.25. The predicted octanol–water partition coefficient (Wildman–Crippen LogP) is 6.33. The predicted molar refractivity (Wildman–Crippen MR) is 93.9 cm³/mol. The normalized spacial score (nSPS) is 11.1. The molecule has 0 amide bonds. The Bertz CT molecular complexity index is 656. The molecule has 0 aliphatic rings. The maximum atomic E-state index is 4.71. The van der Waals surface area contributed by atoms with E-state index in [1.54, 1.807) is 0 Å². The van der Waals surface area contributed by atoms with Crippen molar-refractivity contribution in [3.63, 3.8) is 0 Å². The first-order valence-corrected chi connectivity index (χ1v) is 8.05. The third kappa shape index (κ3) is 3.71. The third-order valence-electron chi connectivity index (χ3n) is 3.62. The molecular formula is C18H23N2P. The average Bonchev–Trinajstić information content (AvgIpc) is 2.34. The molecule has 0 radical (unpaired) electrons. The molecule has 2 rings (SSSR count). The van der Waals surface area contributed by atoms with Gasteiger partial charge in [-0.2, -0.15) is 0 Å². The molecule has 2 aromatic rings. The molecule has 0 saturated heterocycles. The second kappa shape index (κ2) is 6.41. The van der Waals surface area contributed by atoms with Crippen molar-refractivity contribution >= 4 is 19.9 Å². The van der Waals surface area contributed by atoms with Crippen molar-refractivity contribution in [1.82, 2.24) is 0 Å². The molecule has 3 heteroatoms. The number of aryl methyl sites for hydroxylation is 6. The number of nitrogens with one attached hydrogen (secondary N) is 1. The molecule has 110 valence electrons. The van der Waals surface area contributed by atoms with Crippen molar-refractivity contribution in [3.8, 4) is 0 Å². The Morgan fingerprint density at radius 1 is 0.714 bits per heavy atom. The van der Waals surface area contributed by atoms with Gasteiger partial charge in [0.1, 0.15) is 8.52 Å². The van der Waals surface area contributed by atoms with E-state index in [1.807, 2.05) is 0 Å². The topological polar surface area (TPSA) is 24.4 Å². The van der Waals surface area contributed by atoms with Crippen LogP contribution in [0.3, 0.4) is 0 Å². The minimum atomic E-state index is 0.872. The van der Waals surface area contributed by atoms with Gasteiger partial charge in [0.2, 0.25) is 0 Å². The monoisotopic (exact) mass is 298 g/mol. The molecule has 2 aromatic carbocycles. The van der Waals surface area contributed by atoms with Crippen molar-refractivity contribution in [2.24, 2.45) is 4.74 Å². The number of nitrogens with zero attached hydrogens (tertiary/aromatic N) is 1. The molecule has 2 nitrogen and oxygen atoms in total. The minimum absolute atomic E-state index is 0.872. The van der Waals surface area contributed by atoms with Gasteiger partial charge in [0.25, 0.3) is 0 Å². The zero-order chi connectivity index (χ0) is 15.6. The molecule has 21 heavy (non-hydrogen) atoms. The summed E-state index contributed by atoms with van der Waals surface area (Å²) < 4.78 is 4.71. The average molecular weight is 298 g/mol. The van der Waals surface area contributed by atoms with E-state index in [0.717, 1.165) is 14.2 Å². The summed E-state index contributed by atoms with van der Waals surface area (Å²) in [5.74, 6) is 0. The van der Waals surface area contributed by atoms with Crippen LogP contribution in [0.2, 0.25) is 0 Å². The van der Waals surface area contributed by atoms with Crippen molar-refractivity contribution in [2.75, 3.05) is 5.09 Å². The molecule has 0 aliphatic carbocycles. The van der Waals surface area contributed by atoms with Crippen molar-refractivity contribution in [1.29, 1.82) is 0 Å². The van der Waals surface area contributed by atoms with Crippen LogP contribution in [-0.2, 0) is 0 Å². The van der Waals surface area contributed by atoms with Gasteiger partial charge in [0.05, 0.1) is 5.69 Å². The number of hydrogen-bond acceptors (Lipinski definition) is 1. The Morgan fingerprint density at radius 2 is 1.14 bits per heavy atom. The lowest BCUT2D eigenvalue weighted by Gasteiger charge is -2.10. The zero-order valence-corrected chi connectivity index (χ0v) is 14.6. The highest BCUT2D eigenvalue weighted by Crippen LogP contribution is 2.30. The van der Waals surface area contributed by atoms with E-state index < -0.39 is 0 Å². The Hall–Kier alpha value is -1.66. The summed E-state index contributed by atoms with van der Waals surface area (Å²) in [6.07, 6.45) is 0. The van der Waals surface area contributed by atoms with Gasteiger partial charge in [0, 0.05) is 5.69 Å². The van der Waals surface area contributed by atoms with E-state index in [4.69, 9.17) is 4.74 Å². The second-order valence-corrected chi connectivity index (χ2v) is 6.46. The molecule has 0 bridgehead atoms. The van der Waals surface area contributed by atoms with Gasteiger partial charge in [-0.3, -0.25) is 0 Å². The number of benzene rings is 2. The Morgan fingerprint density at radius 3 is 1.62 bits per heavy atom. The lowest BCUT2D eigenvalue weighted by molar-refractivity contribution is 1.29. The first-order chi connectivity index (χ1) is 9.88. The summed E-state index contributed by atoms with van der Waals surface area (Å²) in [5.41, 5.74) is 9.89. The van der Waals surface area contributed by atoms with Crippen molar-refractivity contribution in [3.05, 3.63) is 57.6 Å². The maximum Gasteiger partial charge on any atom is 0.130 e. The standard InChI is InChI=1S/C18H23N2P/c1-11-7-13(3)17(14(4)8-11)19-21-20-18-15(5)9-12(2)10-16(18)6/h7-10H,1-6H3,(H,19,20). The van der Waals surface area contributed by atoms with Crippen molar-refractivity contribution < 1.29 is 0 Å². The van der Waals surface area contributed by atoms with E-state index in [1.165, 1.54) is 39.1 Å². The summed E-state index contributed by atoms with van der Waals surface area (Å²) in [6.45, 7) is 12.8. The summed E-state index contributed by atoms with van der Waals surface area (Å²) in [7, 11) is 0.872. The summed E-state index contributed by atoms with van der Waals surface area (Å²) in [6, 6.07) is 8.77. The highest BCUT2D eigenvalue weighted by Gasteiger charge is 2.04. The van der Waals surface area contributed by atoms with Crippen LogP contribution in [0.1, 0.15) is 33.4 Å². The summed E-state index contributed by atoms with van der Waals surface area (Å²) in [5, 5.41) is 3.43. The van der Waals surface area contributed by atoms with Crippen LogP contribution in [0, 0.1) is 41.5 Å². The van der Waals surface area contributed by atoms with Crippen molar-refractivity contribution in [2.45, 2.75) is 41.5 Å². The molecule has 0 fully saturated rings. The van der Waals surface area contributed by atoms with Gasteiger partial charge in [-0.15, -0.1) is 0 Å². The van der Waals surface area contributed by atoms with Gasteiger partial charge in [-0.25, -0.2) is 4.74 Å². The zero-order valence-electron chi connectivity index (χ0n) is 13.7. The fourth-order valence-corrected chi connectivity index (χ4v) is 3.73. The fraction of sp³-hybridized carbons (Fsp3) is 0.333. The van der Waals surface area contributed by atoms with Crippen LogP contribution in [0.4, 0.5) is 11.4 Å². The summed E-state index contributed by atoms with van der Waals surface area (Å²) >= 11 is 0. The fourth-order valence-electron chi connectivity index (χ4n) is 2.81. The largest absolute Gasteiger partial charge is 0.322 e. The van der Waals surface area contributed by atoms with Gasteiger partial charge in [-0.05, 0) is 63.8 Å². The van der Waals surface area contributed by atoms with E-state index in [-0.39, 0.29) is 0 Å². The third-order valence-corrected chi connectivity index (χ3v) is 4.25. The molecule has 1 N–H and O–H groups in total. The molecule has 0 aromatic heterocycles. The van der Waals surface area contributed by atoms with Gasteiger partial charge in [-0.1, -0.05) is 35.4 Å². The lowest BCUT2D eigenvalue weighted by atomic mass is 10.1. The number of rotatable bonds is 3. The molecule has 0 atom stereocenters. The highest BCUT2D eigenvalue weighted by molar-refractivity contribution is 7.29. The molecule has 0 spiro atoms.